The number of hydrogen-bond acceptors (Lipinski definition) is 2. The highest BCUT2D eigenvalue weighted by Gasteiger charge is 2.19. The van der Waals surface area contributed by atoms with Gasteiger partial charge in [-0.15, -0.1) is 0 Å². The molecule has 0 aromatic rings. The third-order valence-corrected chi connectivity index (χ3v) is 3.36. The van der Waals surface area contributed by atoms with Crippen molar-refractivity contribution in [3.8, 4) is 0 Å². The van der Waals surface area contributed by atoms with Crippen LogP contribution in [-0.4, -0.2) is 20.1 Å². The van der Waals surface area contributed by atoms with Crippen molar-refractivity contribution in [2.45, 2.75) is 45.6 Å². The molecule has 0 aliphatic carbocycles. The first-order valence-corrected chi connectivity index (χ1v) is 8.29. The highest BCUT2D eigenvalue weighted by atomic mass is 28.3. The van der Waals surface area contributed by atoms with E-state index in [1.165, 1.54) is 0 Å². The first kappa shape index (κ1) is 12.4. The monoisotopic (exact) mass is 200 g/mol. The molecule has 0 amide bonds. The molecule has 0 saturated carbocycles. The summed E-state index contributed by atoms with van der Waals surface area (Å²) in [7, 11) is -1.13. The first-order valence-electron chi connectivity index (χ1n) is 4.59. The Balaban J connectivity index is 3.95. The van der Waals surface area contributed by atoms with E-state index >= 15 is 0 Å². The number of rotatable bonds is 4. The summed E-state index contributed by atoms with van der Waals surface area (Å²) >= 11 is 0. The summed E-state index contributed by atoms with van der Waals surface area (Å²) < 4.78 is 5.18. The summed E-state index contributed by atoms with van der Waals surface area (Å²) in [5.41, 5.74) is 0.474. The molecule has 2 nitrogen and oxygen atoms in total. The van der Waals surface area contributed by atoms with Crippen molar-refractivity contribution in [2.75, 3.05) is 0 Å². The molecule has 1 unspecified atom stereocenters. The van der Waals surface area contributed by atoms with Crippen molar-refractivity contribution < 1.29 is 9.53 Å². The number of carbonyl (C=O) groups excluding carboxylic acids is 1. The van der Waals surface area contributed by atoms with E-state index in [2.05, 4.69) is 26.2 Å². The highest BCUT2D eigenvalue weighted by molar-refractivity contribution is 6.76. The van der Waals surface area contributed by atoms with Crippen LogP contribution in [0.4, 0.5) is 0 Å². The van der Waals surface area contributed by atoms with Gasteiger partial charge in [0.25, 0.3) is 0 Å². The van der Waals surface area contributed by atoms with Gasteiger partial charge in [-0.1, -0.05) is 26.2 Å². The van der Waals surface area contributed by atoms with Gasteiger partial charge in [0.2, 0.25) is 0 Å². The Bertz CT molecular complexity index is 203. The van der Waals surface area contributed by atoms with Crippen molar-refractivity contribution in [1.82, 2.24) is 0 Å². The molecular weight excluding hydrogens is 180 g/mol. The largest absolute Gasteiger partial charge is 0.460 e. The number of ether oxygens (including phenoxy) is 1. The van der Waals surface area contributed by atoms with Crippen LogP contribution in [-0.2, 0) is 9.53 Å². The first-order chi connectivity index (χ1) is 5.72. The summed E-state index contributed by atoms with van der Waals surface area (Å²) in [5, 5.41) is 0. The molecule has 0 saturated heterocycles. The average Bonchev–Trinajstić information content (AvgIpc) is 1.81. The summed E-state index contributed by atoms with van der Waals surface area (Å²) in [6.45, 7) is 13.9. The molecule has 13 heavy (non-hydrogen) atoms. The van der Waals surface area contributed by atoms with Crippen molar-refractivity contribution >= 4 is 14.0 Å². The fraction of sp³-hybridized carbons (Fsp3) is 0.700. The predicted octanol–water partition coefficient (Wildman–Crippen LogP) is 2.83. The lowest BCUT2D eigenvalue weighted by atomic mass is 10.3. The lowest BCUT2D eigenvalue weighted by Gasteiger charge is -2.21. The van der Waals surface area contributed by atoms with Gasteiger partial charge in [0.05, 0.1) is 6.10 Å². The second-order valence-electron chi connectivity index (χ2n) is 4.76. The molecule has 0 aromatic carbocycles. The topological polar surface area (TPSA) is 26.3 Å². The SMILES string of the molecule is C=C(C)C(=O)OC(C)C[Si](C)(C)C. The zero-order valence-electron chi connectivity index (χ0n) is 9.31. The third kappa shape index (κ3) is 6.58. The molecule has 0 aromatic heterocycles. The molecule has 0 fully saturated rings. The molecule has 3 heteroatoms. The zero-order valence-corrected chi connectivity index (χ0v) is 10.3. The zero-order chi connectivity index (χ0) is 10.6. The molecule has 0 aliphatic rings. The molecule has 0 heterocycles. The second-order valence-corrected chi connectivity index (χ2v) is 10.3. The Morgan fingerprint density at radius 3 is 2.23 bits per heavy atom. The van der Waals surface area contributed by atoms with E-state index in [1.54, 1.807) is 6.92 Å². The molecule has 0 bridgehead atoms. The van der Waals surface area contributed by atoms with E-state index in [0.717, 1.165) is 6.04 Å². The maximum atomic E-state index is 11.1. The van der Waals surface area contributed by atoms with Crippen molar-refractivity contribution in [2.24, 2.45) is 0 Å². The number of carbonyl (C=O) groups is 1. The molecule has 76 valence electrons. The Morgan fingerprint density at radius 1 is 1.46 bits per heavy atom. The molecule has 1 atom stereocenters. The van der Waals surface area contributed by atoms with Crippen molar-refractivity contribution in [3.63, 3.8) is 0 Å². The minimum atomic E-state index is -1.13. The Hall–Kier alpha value is -0.573. The van der Waals surface area contributed by atoms with Gasteiger partial charge in [0.1, 0.15) is 0 Å². The normalized spacial score (nSPS) is 13.6. The van der Waals surface area contributed by atoms with Gasteiger partial charge >= 0.3 is 5.97 Å². The Labute approximate surface area is 82.0 Å². The summed E-state index contributed by atoms with van der Waals surface area (Å²) in [4.78, 5) is 11.1. The van der Waals surface area contributed by atoms with Gasteiger partial charge in [-0.3, -0.25) is 0 Å². The summed E-state index contributed by atoms with van der Waals surface area (Å²) in [6.07, 6.45) is 0.0240. The number of hydrogen-bond donors (Lipinski definition) is 0. The number of esters is 1. The van der Waals surface area contributed by atoms with Crippen LogP contribution in [0, 0.1) is 0 Å². The second kappa shape index (κ2) is 4.60. The highest BCUT2D eigenvalue weighted by Crippen LogP contribution is 2.14. The van der Waals surface area contributed by atoms with E-state index < -0.39 is 8.07 Å². The van der Waals surface area contributed by atoms with Gasteiger partial charge in [-0.2, -0.15) is 0 Å². The van der Waals surface area contributed by atoms with Crippen LogP contribution in [0.1, 0.15) is 13.8 Å². The van der Waals surface area contributed by atoms with E-state index in [1.807, 2.05) is 6.92 Å². The minimum Gasteiger partial charge on any atom is -0.460 e. The van der Waals surface area contributed by atoms with Crippen molar-refractivity contribution in [3.05, 3.63) is 12.2 Å². The van der Waals surface area contributed by atoms with E-state index in [-0.39, 0.29) is 12.1 Å². The van der Waals surface area contributed by atoms with E-state index in [9.17, 15) is 4.79 Å². The Morgan fingerprint density at radius 2 is 1.92 bits per heavy atom. The van der Waals surface area contributed by atoms with E-state index in [0.29, 0.717) is 5.57 Å². The standard InChI is InChI=1S/C10H20O2Si/c1-8(2)10(11)12-9(3)7-13(4,5)6/h9H,1,7H2,2-6H3. The van der Waals surface area contributed by atoms with E-state index in [4.69, 9.17) is 4.74 Å². The van der Waals surface area contributed by atoms with Gasteiger partial charge < -0.3 is 4.74 Å². The minimum absolute atomic E-state index is 0.0240. The van der Waals surface area contributed by atoms with Crippen LogP contribution in [0.2, 0.25) is 25.7 Å². The molecule has 0 N–H and O–H groups in total. The summed E-state index contributed by atoms with van der Waals surface area (Å²) in [5.74, 6) is -0.272. The van der Waals surface area contributed by atoms with Gasteiger partial charge in [0.15, 0.2) is 0 Å². The maximum Gasteiger partial charge on any atom is 0.333 e. The predicted molar refractivity (Wildman–Crippen MR) is 58.5 cm³/mol. The van der Waals surface area contributed by atoms with Gasteiger partial charge in [0, 0.05) is 13.6 Å². The Kier molecular flexibility index (Phi) is 4.40. The van der Waals surface area contributed by atoms with Gasteiger partial charge in [-0.25, -0.2) is 4.79 Å². The smallest absolute Gasteiger partial charge is 0.333 e. The average molecular weight is 200 g/mol. The molecular formula is C10H20O2Si. The van der Waals surface area contributed by atoms with Crippen LogP contribution in [0.25, 0.3) is 0 Å². The fourth-order valence-electron chi connectivity index (χ4n) is 1.19. The summed E-state index contributed by atoms with van der Waals surface area (Å²) in [6, 6.07) is 1.01. The molecule has 0 aliphatic heterocycles. The van der Waals surface area contributed by atoms with Gasteiger partial charge in [-0.05, 0) is 19.9 Å². The van der Waals surface area contributed by atoms with Crippen molar-refractivity contribution in [1.29, 1.82) is 0 Å². The third-order valence-electron chi connectivity index (χ3n) is 1.56. The maximum absolute atomic E-state index is 11.1. The molecule has 0 spiro atoms. The van der Waals surface area contributed by atoms with Crippen LogP contribution in [0.3, 0.4) is 0 Å². The lowest BCUT2D eigenvalue weighted by molar-refractivity contribution is -0.142. The van der Waals surface area contributed by atoms with Crippen LogP contribution in [0.5, 0.6) is 0 Å². The molecule has 0 rings (SSSR count). The fourth-order valence-corrected chi connectivity index (χ4v) is 3.00. The van der Waals surface area contributed by atoms with Crippen LogP contribution in [0.15, 0.2) is 12.2 Å². The lowest BCUT2D eigenvalue weighted by Crippen LogP contribution is -2.28. The van der Waals surface area contributed by atoms with Crippen LogP contribution >= 0.6 is 0 Å². The van der Waals surface area contributed by atoms with Crippen LogP contribution < -0.4 is 0 Å². The molecule has 0 radical (unpaired) electrons. The quantitative estimate of drug-likeness (QED) is 0.396.